The molecule has 0 unspecified atom stereocenters. The van der Waals surface area contributed by atoms with Crippen molar-refractivity contribution in [3.63, 3.8) is 0 Å². The Hall–Kier alpha value is -1.83. The van der Waals surface area contributed by atoms with Crippen LogP contribution in [-0.4, -0.2) is 77.9 Å². The van der Waals surface area contributed by atoms with Gasteiger partial charge in [-0.15, -0.1) is 0 Å². The van der Waals surface area contributed by atoms with Gasteiger partial charge in [-0.2, -0.15) is 0 Å². The van der Waals surface area contributed by atoms with Gasteiger partial charge in [-0.05, 0) is 46.5 Å². The summed E-state index contributed by atoms with van der Waals surface area (Å²) < 4.78 is 10.4. The third kappa shape index (κ3) is 9.08. The highest BCUT2D eigenvalue weighted by molar-refractivity contribution is 5.89. The van der Waals surface area contributed by atoms with Crippen molar-refractivity contribution in [2.75, 3.05) is 27.3 Å². The second-order valence-corrected chi connectivity index (χ2v) is 8.13. The number of rotatable bonds is 10. The molecule has 2 amide bonds. The molecule has 27 heavy (non-hydrogen) atoms. The summed E-state index contributed by atoms with van der Waals surface area (Å²) in [5.41, 5.74) is -0.691. The van der Waals surface area contributed by atoms with Gasteiger partial charge in [0, 0.05) is 27.3 Å². The molecule has 0 spiro atoms. The molecule has 0 bridgehead atoms. The number of carbonyl (C=O) groups is 3. The summed E-state index contributed by atoms with van der Waals surface area (Å²) in [5, 5.41) is 9.39. The van der Waals surface area contributed by atoms with Crippen LogP contribution in [0.25, 0.3) is 0 Å². The molecule has 1 N–H and O–H groups in total. The third-order valence-electron chi connectivity index (χ3n) is 3.98. The molecule has 0 aromatic carbocycles. The van der Waals surface area contributed by atoms with Crippen LogP contribution in [0.5, 0.6) is 0 Å². The van der Waals surface area contributed by atoms with Crippen LogP contribution in [0.3, 0.4) is 0 Å². The van der Waals surface area contributed by atoms with Crippen LogP contribution in [0.1, 0.15) is 54.4 Å². The Morgan fingerprint density at radius 2 is 1.67 bits per heavy atom. The molecule has 0 heterocycles. The van der Waals surface area contributed by atoms with Gasteiger partial charge in [0.15, 0.2) is 0 Å². The first-order chi connectivity index (χ1) is 12.3. The van der Waals surface area contributed by atoms with E-state index >= 15 is 0 Å². The predicted octanol–water partition coefficient (Wildman–Crippen LogP) is 2.61. The number of hydrogen-bond donors (Lipinski definition) is 1. The maximum Gasteiger partial charge on any atom is 0.410 e. The first-order valence-corrected chi connectivity index (χ1v) is 9.29. The van der Waals surface area contributed by atoms with Gasteiger partial charge in [-0.3, -0.25) is 9.69 Å². The maximum atomic E-state index is 13.2. The van der Waals surface area contributed by atoms with E-state index in [9.17, 15) is 19.5 Å². The topological polar surface area (TPSA) is 96.4 Å². The summed E-state index contributed by atoms with van der Waals surface area (Å²) in [4.78, 5) is 39.7. The van der Waals surface area contributed by atoms with E-state index in [4.69, 9.17) is 9.47 Å². The normalized spacial score (nSPS) is 13.8. The van der Waals surface area contributed by atoms with Crippen molar-refractivity contribution in [1.82, 2.24) is 9.80 Å². The number of amides is 2. The highest BCUT2D eigenvalue weighted by Gasteiger charge is 2.36. The summed E-state index contributed by atoms with van der Waals surface area (Å²) in [5.74, 6) is -1.36. The van der Waals surface area contributed by atoms with Crippen molar-refractivity contribution in [2.24, 2.45) is 5.92 Å². The van der Waals surface area contributed by atoms with Gasteiger partial charge in [0.2, 0.25) is 5.91 Å². The van der Waals surface area contributed by atoms with Crippen molar-refractivity contribution < 1.29 is 29.0 Å². The zero-order valence-electron chi connectivity index (χ0n) is 17.9. The van der Waals surface area contributed by atoms with E-state index in [1.807, 2.05) is 13.8 Å². The van der Waals surface area contributed by atoms with Crippen LogP contribution in [0.15, 0.2) is 0 Å². The van der Waals surface area contributed by atoms with Crippen molar-refractivity contribution in [2.45, 2.75) is 72.1 Å². The molecule has 158 valence electrons. The van der Waals surface area contributed by atoms with Gasteiger partial charge in [0.1, 0.15) is 17.7 Å². The number of aliphatic carboxylic acids is 1. The second-order valence-electron chi connectivity index (χ2n) is 8.13. The zero-order chi connectivity index (χ0) is 21.4. The summed E-state index contributed by atoms with van der Waals surface area (Å²) in [6.07, 6.45) is 0.299. The summed E-state index contributed by atoms with van der Waals surface area (Å²) in [7, 11) is 3.06. The van der Waals surface area contributed by atoms with Gasteiger partial charge in [-0.1, -0.05) is 13.8 Å². The first kappa shape index (κ1) is 25.2. The SMILES string of the molecule is COCCCN(C(=O)[C@H](CC(C)C)N(C)C(=O)OC(C)(C)C)[C@H](C)C(=O)O. The van der Waals surface area contributed by atoms with Crippen molar-refractivity contribution in [3.05, 3.63) is 0 Å². The molecule has 0 radical (unpaired) electrons. The van der Waals surface area contributed by atoms with E-state index < -0.39 is 35.7 Å². The van der Waals surface area contributed by atoms with E-state index in [2.05, 4.69) is 0 Å². The van der Waals surface area contributed by atoms with Crippen LogP contribution < -0.4 is 0 Å². The first-order valence-electron chi connectivity index (χ1n) is 9.29. The van der Waals surface area contributed by atoms with Gasteiger partial charge in [-0.25, -0.2) is 9.59 Å². The van der Waals surface area contributed by atoms with Gasteiger partial charge in [0.05, 0.1) is 0 Å². The molecule has 2 atom stereocenters. The molecular formula is C19H36N2O6. The lowest BCUT2D eigenvalue weighted by Gasteiger charge is -2.36. The minimum absolute atomic E-state index is 0.129. The molecule has 0 rings (SSSR count). The van der Waals surface area contributed by atoms with Crippen molar-refractivity contribution in [3.8, 4) is 0 Å². The summed E-state index contributed by atoms with van der Waals surface area (Å²) in [6, 6.07) is -1.81. The molecule has 8 heteroatoms. The van der Waals surface area contributed by atoms with Crippen LogP contribution in [0.4, 0.5) is 4.79 Å². The number of hydrogen-bond acceptors (Lipinski definition) is 5. The molecule has 0 aromatic heterocycles. The van der Waals surface area contributed by atoms with Crippen LogP contribution in [0, 0.1) is 5.92 Å². The Balaban J connectivity index is 5.60. The van der Waals surface area contributed by atoms with Crippen LogP contribution >= 0.6 is 0 Å². The minimum atomic E-state index is -1.09. The Labute approximate surface area is 162 Å². The number of carboxylic acid groups (broad SMARTS) is 1. The molecule has 0 aromatic rings. The van der Waals surface area contributed by atoms with Crippen molar-refractivity contribution >= 4 is 18.0 Å². The Kier molecular flexibility index (Phi) is 10.4. The predicted molar refractivity (Wildman–Crippen MR) is 103 cm³/mol. The monoisotopic (exact) mass is 388 g/mol. The number of nitrogens with zero attached hydrogens (tertiary/aromatic N) is 2. The molecule has 0 saturated carbocycles. The molecular weight excluding hydrogens is 352 g/mol. The van der Waals surface area contributed by atoms with Crippen LogP contribution in [0.2, 0.25) is 0 Å². The lowest BCUT2D eigenvalue weighted by molar-refractivity contribution is -0.152. The van der Waals surface area contributed by atoms with Gasteiger partial charge in [0.25, 0.3) is 0 Å². The molecule has 0 aliphatic heterocycles. The Morgan fingerprint density at radius 1 is 1.11 bits per heavy atom. The number of ether oxygens (including phenoxy) is 2. The average Bonchev–Trinajstić information content (AvgIpc) is 2.53. The Morgan fingerprint density at radius 3 is 2.07 bits per heavy atom. The zero-order valence-corrected chi connectivity index (χ0v) is 17.9. The number of methoxy groups -OCH3 is 1. The number of likely N-dealkylation sites (N-methyl/N-ethyl adjacent to an activating group) is 1. The Bertz CT molecular complexity index is 501. The number of carboxylic acids is 1. The molecule has 0 fully saturated rings. The lowest BCUT2D eigenvalue weighted by atomic mass is 10.0. The van der Waals surface area contributed by atoms with E-state index in [-0.39, 0.29) is 12.5 Å². The van der Waals surface area contributed by atoms with E-state index in [1.165, 1.54) is 23.8 Å². The largest absolute Gasteiger partial charge is 0.480 e. The fourth-order valence-corrected chi connectivity index (χ4v) is 2.53. The average molecular weight is 389 g/mol. The van der Waals surface area contributed by atoms with Crippen molar-refractivity contribution in [1.29, 1.82) is 0 Å². The minimum Gasteiger partial charge on any atom is -0.480 e. The van der Waals surface area contributed by atoms with Gasteiger partial charge >= 0.3 is 12.1 Å². The molecule has 8 nitrogen and oxygen atoms in total. The fourth-order valence-electron chi connectivity index (χ4n) is 2.53. The van der Waals surface area contributed by atoms with Crippen LogP contribution in [-0.2, 0) is 19.1 Å². The standard InChI is InChI=1S/C19H36N2O6/c1-13(2)12-15(20(7)18(25)27-19(4,5)6)16(22)21(10-9-11-26-8)14(3)17(23)24/h13-15H,9-12H2,1-8H3,(H,23,24)/t14-,15+/m1/s1. The molecule has 0 saturated heterocycles. The highest BCUT2D eigenvalue weighted by Crippen LogP contribution is 2.18. The fraction of sp³-hybridized carbons (Fsp3) is 0.842. The highest BCUT2D eigenvalue weighted by atomic mass is 16.6. The third-order valence-corrected chi connectivity index (χ3v) is 3.98. The van der Waals surface area contributed by atoms with Gasteiger partial charge < -0.3 is 19.5 Å². The van der Waals surface area contributed by atoms with E-state index in [0.717, 1.165) is 0 Å². The lowest BCUT2D eigenvalue weighted by Crippen LogP contribution is -2.54. The molecule has 0 aliphatic rings. The summed E-state index contributed by atoms with van der Waals surface area (Å²) >= 11 is 0. The maximum absolute atomic E-state index is 13.2. The quantitative estimate of drug-likeness (QED) is 0.578. The smallest absolute Gasteiger partial charge is 0.410 e. The second kappa shape index (κ2) is 11.1. The van der Waals surface area contributed by atoms with E-state index in [0.29, 0.717) is 19.4 Å². The number of carbonyl (C=O) groups excluding carboxylic acids is 2. The summed E-state index contributed by atoms with van der Waals surface area (Å²) in [6.45, 7) is 11.2. The molecule has 0 aliphatic carbocycles. The van der Waals surface area contributed by atoms with E-state index in [1.54, 1.807) is 27.9 Å².